The molecule has 3 aromatic rings. The Kier molecular flexibility index (Phi) is 8.46. The van der Waals surface area contributed by atoms with Gasteiger partial charge in [-0.2, -0.15) is 0 Å². The molecule has 5 rings (SSSR count). The van der Waals surface area contributed by atoms with Crippen molar-refractivity contribution in [3.8, 4) is 5.75 Å². The Morgan fingerprint density at radius 1 is 1.10 bits per heavy atom. The summed E-state index contributed by atoms with van der Waals surface area (Å²) in [7, 11) is 1.74. The summed E-state index contributed by atoms with van der Waals surface area (Å²) in [4.78, 5) is 40.3. The molecule has 2 aliphatic rings. The van der Waals surface area contributed by atoms with E-state index in [4.69, 9.17) is 25.6 Å². The second-order valence-corrected chi connectivity index (χ2v) is 10.7. The van der Waals surface area contributed by atoms with Gasteiger partial charge in [-0.05, 0) is 62.6 Å². The fraction of sp³-hybridized carbons (Fsp3) is 0.379. The molecule has 0 radical (unpaired) electrons. The Hall–Kier alpha value is -4.09. The molecule has 3 N–H and O–H groups in total. The zero-order valence-corrected chi connectivity index (χ0v) is 23.8. The topological polar surface area (TPSA) is 135 Å². The number of fused-ring (bicyclic) bond motifs is 2. The van der Waals surface area contributed by atoms with E-state index in [-0.39, 0.29) is 37.0 Å². The smallest absolute Gasteiger partial charge is 0.323 e. The summed E-state index contributed by atoms with van der Waals surface area (Å²) in [5.41, 5.74) is 2.78. The van der Waals surface area contributed by atoms with Crippen LogP contribution >= 0.6 is 11.6 Å². The number of nitrogens with zero attached hydrogens (tertiary/aromatic N) is 2. The molecule has 0 spiro atoms. The molecule has 1 saturated heterocycles. The average Bonchev–Trinajstić information content (AvgIpc) is 3.27. The first-order chi connectivity index (χ1) is 19.7. The summed E-state index contributed by atoms with van der Waals surface area (Å²) in [6.07, 6.45) is 0.840. The number of aryl methyl sites for hydroxylation is 2. The minimum absolute atomic E-state index is 0.108. The number of benzene rings is 2. The highest BCUT2D eigenvalue weighted by Crippen LogP contribution is 2.32. The van der Waals surface area contributed by atoms with Crippen LogP contribution in [0.4, 0.5) is 16.2 Å². The fourth-order valence-electron chi connectivity index (χ4n) is 5.12. The van der Waals surface area contributed by atoms with Gasteiger partial charge in [0.25, 0.3) is 5.91 Å². The number of hydrogen-bond donors (Lipinski definition) is 3. The van der Waals surface area contributed by atoms with E-state index >= 15 is 0 Å². The van der Waals surface area contributed by atoms with Gasteiger partial charge in [-0.1, -0.05) is 28.9 Å². The third-order valence-corrected chi connectivity index (χ3v) is 7.61. The van der Waals surface area contributed by atoms with Gasteiger partial charge in [0.2, 0.25) is 5.91 Å². The molecule has 2 aromatic carbocycles. The molecule has 12 heteroatoms. The van der Waals surface area contributed by atoms with E-state index in [1.807, 2.05) is 12.1 Å². The quantitative estimate of drug-likeness (QED) is 0.385. The van der Waals surface area contributed by atoms with Crippen molar-refractivity contribution in [3.63, 3.8) is 0 Å². The lowest BCUT2D eigenvalue weighted by atomic mass is 9.94. The number of amides is 4. The van der Waals surface area contributed by atoms with E-state index in [0.29, 0.717) is 58.6 Å². The van der Waals surface area contributed by atoms with Crippen molar-refractivity contribution in [2.45, 2.75) is 57.9 Å². The maximum atomic E-state index is 13.5. The summed E-state index contributed by atoms with van der Waals surface area (Å²) in [5.74, 6) is 0.533. The molecule has 41 heavy (non-hydrogen) atoms. The second kappa shape index (κ2) is 12.2. The predicted octanol–water partition coefficient (Wildman–Crippen LogP) is 4.68. The van der Waals surface area contributed by atoms with Crippen molar-refractivity contribution >= 4 is 40.8 Å². The minimum atomic E-state index is -0.490. The van der Waals surface area contributed by atoms with Crippen LogP contribution in [-0.2, 0) is 16.1 Å². The predicted molar refractivity (Wildman–Crippen MR) is 152 cm³/mol. The number of likely N-dealkylation sites (N-methyl/N-ethyl adjacent to an activating group) is 1. The van der Waals surface area contributed by atoms with Gasteiger partial charge in [0.15, 0.2) is 5.76 Å². The van der Waals surface area contributed by atoms with Gasteiger partial charge >= 0.3 is 6.03 Å². The lowest BCUT2D eigenvalue weighted by molar-refractivity contribution is -0.134. The number of rotatable bonds is 6. The Labute approximate surface area is 242 Å². The average molecular weight is 582 g/mol. The van der Waals surface area contributed by atoms with Crippen LogP contribution in [0.2, 0.25) is 5.02 Å². The highest BCUT2D eigenvalue weighted by molar-refractivity contribution is 6.30. The number of ether oxygens (including phenoxy) is 2. The molecule has 1 fully saturated rings. The molecule has 0 saturated carbocycles. The van der Waals surface area contributed by atoms with Gasteiger partial charge in [0, 0.05) is 24.3 Å². The SMILES string of the molecule is Cc1noc(C)c1NC(=O)Nc1ccc2c(c1)C(=O)N(C)[C@@H]1CC[C@@H](CC(=O)NCc3ccc(Cl)cc3)O[C@H]1CO2. The molecule has 3 heterocycles. The Bertz CT molecular complexity index is 1420. The van der Waals surface area contributed by atoms with Crippen LogP contribution in [0.15, 0.2) is 47.0 Å². The minimum Gasteiger partial charge on any atom is -0.490 e. The van der Waals surface area contributed by atoms with Gasteiger partial charge < -0.3 is 34.8 Å². The van der Waals surface area contributed by atoms with Crippen molar-refractivity contribution in [2.75, 3.05) is 24.3 Å². The Balaban J connectivity index is 1.20. The molecule has 0 aliphatic carbocycles. The molecule has 1 aromatic heterocycles. The summed E-state index contributed by atoms with van der Waals surface area (Å²) in [6, 6.07) is 11.5. The first-order valence-electron chi connectivity index (χ1n) is 13.4. The highest BCUT2D eigenvalue weighted by atomic mass is 35.5. The molecule has 2 aliphatic heterocycles. The van der Waals surface area contributed by atoms with Gasteiger partial charge in [-0.15, -0.1) is 0 Å². The van der Waals surface area contributed by atoms with Gasteiger partial charge in [0.05, 0.1) is 24.1 Å². The third kappa shape index (κ3) is 6.63. The maximum absolute atomic E-state index is 13.5. The van der Waals surface area contributed by atoms with E-state index in [1.165, 1.54) is 0 Å². The van der Waals surface area contributed by atoms with E-state index < -0.39 is 12.1 Å². The summed E-state index contributed by atoms with van der Waals surface area (Å²) in [6.45, 7) is 4.06. The van der Waals surface area contributed by atoms with Crippen molar-refractivity contribution in [2.24, 2.45) is 0 Å². The van der Waals surface area contributed by atoms with E-state index in [1.54, 1.807) is 56.1 Å². The maximum Gasteiger partial charge on any atom is 0.323 e. The summed E-state index contributed by atoms with van der Waals surface area (Å²) < 4.78 is 17.4. The van der Waals surface area contributed by atoms with Gasteiger partial charge in [0.1, 0.15) is 29.8 Å². The number of carbonyl (C=O) groups excluding carboxylic acids is 3. The number of anilines is 2. The van der Waals surface area contributed by atoms with Crippen LogP contribution in [0.1, 0.15) is 46.6 Å². The molecule has 3 atom stereocenters. The number of hydrogen-bond acceptors (Lipinski definition) is 7. The van der Waals surface area contributed by atoms with Crippen LogP contribution in [0.3, 0.4) is 0 Å². The van der Waals surface area contributed by atoms with Crippen molar-refractivity contribution in [1.29, 1.82) is 0 Å². The first-order valence-corrected chi connectivity index (χ1v) is 13.8. The first kappa shape index (κ1) is 28.4. The highest BCUT2D eigenvalue weighted by Gasteiger charge is 2.39. The molecule has 4 amide bonds. The molecule has 0 bridgehead atoms. The van der Waals surface area contributed by atoms with Crippen LogP contribution < -0.4 is 20.7 Å². The summed E-state index contributed by atoms with van der Waals surface area (Å²) >= 11 is 5.92. The molecule has 0 unspecified atom stereocenters. The number of nitrogens with one attached hydrogen (secondary N) is 3. The van der Waals surface area contributed by atoms with Crippen LogP contribution in [0.5, 0.6) is 5.75 Å². The lowest BCUT2D eigenvalue weighted by Crippen LogP contribution is -2.53. The second-order valence-electron chi connectivity index (χ2n) is 10.3. The fourth-order valence-corrected chi connectivity index (χ4v) is 5.25. The van der Waals surface area contributed by atoms with Crippen LogP contribution in [-0.4, -0.2) is 59.8 Å². The number of urea groups is 1. The zero-order chi connectivity index (χ0) is 29.1. The Morgan fingerprint density at radius 3 is 2.61 bits per heavy atom. The number of halogens is 1. The molecular formula is C29H32ClN5O6. The van der Waals surface area contributed by atoms with Crippen LogP contribution in [0, 0.1) is 13.8 Å². The summed E-state index contributed by atoms with van der Waals surface area (Å²) in [5, 5.41) is 12.9. The van der Waals surface area contributed by atoms with Crippen molar-refractivity contribution < 1.29 is 28.4 Å². The van der Waals surface area contributed by atoms with Crippen molar-refractivity contribution in [3.05, 3.63) is 70.1 Å². The molecule has 11 nitrogen and oxygen atoms in total. The van der Waals surface area contributed by atoms with E-state index in [2.05, 4.69) is 21.1 Å². The third-order valence-electron chi connectivity index (χ3n) is 7.36. The normalized spacial score (nSPS) is 20.1. The number of carbonyl (C=O) groups is 3. The van der Waals surface area contributed by atoms with Gasteiger partial charge in [-0.3, -0.25) is 9.59 Å². The molecule has 216 valence electrons. The standard InChI is InChI=1S/C29H32ClN5O6/c1-16-27(17(2)41-34-16)33-29(38)32-20-8-11-24-22(12-20)28(37)35(3)23-10-9-21(40-25(23)15-39-24)13-26(36)31-14-18-4-6-19(30)7-5-18/h4-8,11-12,21,23,25H,9-10,13-15H2,1-3H3,(H,31,36)(H2,32,33,38)/t21-,23+,25-/m0/s1. The monoisotopic (exact) mass is 581 g/mol. The van der Waals surface area contributed by atoms with Crippen molar-refractivity contribution in [1.82, 2.24) is 15.4 Å². The Morgan fingerprint density at radius 2 is 1.88 bits per heavy atom. The molecular weight excluding hydrogens is 550 g/mol. The lowest BCUT2D eigenvalue weighted by Gasteiger charge is -2.42. The van der Waals surface area contributed by atoms with Gasteiger partial charge in [-0.25, -0.2) is 4.79 Å². The largest absolute Gasteiger partial charge is 0.490 e. The zero-order valence-electron chi connectivity index (χ0n) is 23.0. The van der Waals surface area contributed by atoms with E-state index in [9.17, 15) is 14.4 Å². The van der Waals surface area contributed by atoms with E-state index in [0.717, 1.165) is 5.56 Å². The van der Waals surface area contributed by atoms with Crippen LogP contribution in [0.25, 0.3) is 0 Å². The number of aromatic nitrogens is 1.